The Bertz CT molecular complexity index is 258. The molecule has 5 heteroatoms. The lowest BCUT2D eigenvalue weighted by atomic mass is 10.3. The van der Waals surface area contributed by atoms with Gasteiger partial charge in [-0.15, -0.1) is 0 Å². The van der Waals surface area contributed by atoms with Gasteiger partial charge in [0.1, 0.15) is 0 Å². The maximum Gasteiger partial charge on any atom is 0.213 e. The van der Waals surface area contributed by atoms with Crippen molar-refractivity contribution < 1.29 is 13.2 Å². The van der Waals surface area contributed by atoms with Gasteiger partial charge in [0.15, 0.2) is 0 Å². The third kappa shape index (κ3) is 8.59. The predicted molar refractivity (Wildman–Crippen MR) is 64.5 cm³/mol. The van der Waals surface area contributed by atoms with Crippen molar-refractivity contribution in [3.63, 3.8) is 0 Å². The van der Waals surface area contributed by atoms with Crippen molar-refractivity contribution in [2.75, 3.05) is 33.6 Å². The second-order valence-corrected chi connectivity index (χ2v) is 5.47. The second kappa shape index (κ2) is 8.88. The monoisotopic (exact) mass is 237 g/mol. The summed E-state index contributed by atoms with van der Waals surface area (Å²) in [7, 11) is 1.71. The van der Waals surface area contributed by atoms with Crippen LogP contribution in [-0.4, -0.2) is 46.3 Å². The molecule has 0 aliphatic rings. The van der Waals surface area contributed by atoms with Crippen LogP contribution >= 0.6 is 0 Å². The van der Waals surface area contributed by atoms with Gasteiger partial charge in [0.25, 0.3) is 0 Å². The van der Waals surface area contributed by atoms with Crippen LogP contribution in [0.1, 0.15) is 20.3 Å². The van der Waals surface area contributed by atoms with Crippen LogP contribution in [0.2, 0.25) is 0 Å². The van der Waals surface area contributed by atoms with Gasteiger partial charge in [-0.05, 0) is 12.8 Å². The maximum atomic E-state index is 11.3. The van der Waals surface area contributed by atoms with Crippen molar-refractivity contribution in [2.45, 2.75) is 20.3 Å². The average molecular weight is 237 g/mol. The zero-order chi connectivity index (χ0) is 11.0. The number of nitrogens with zero attached hydrogens (tertiary/aromatic N) is 1. The minimum atomic E-state index is -3.02. The van der Waals surface area contributed by atoms with E-state index in [0.717, 1.165) is 6.42 Å². The van der Waals surface area contributed by atoms with E-state index in [1.807, 2.05) is 12.2 Å². The Balaban J connectivity index is 0. The van der Waals surface area contributed by atoms with Crippen molar-refractivity contribution in [3.05, 3.63) is 12.2 Å². The topological polar surface area (TPSA) is 46.6 Å². The fraction of sp³-hybridized carbons (Fsp3) is 0.800. The summed E-state index contributed by atoms with van der Waals surface area (Å²) in [6.45, 7) is 0.584. The Morgan fingerprint density at radius 1 is 1.27 bits per heavy atom. The molecule has 0 rings (SSSR count). The number of allylic oxidation sites excluding steroid dienone is 1. The van der Waals surface area contributed by atoms with Crippen LogP contribution in [0.3, 0.4) is 0 Å². The molecule has 0 amide bonds. The van der Waals surface area contributed by atoms with Crippen molar-refractivity contribution in [1.29, 1.82) is 0 Å². The number of rotatable bonds is 7. The third-order valence-corrected chi connectivity index (χ3v) is 3.68. The maximum absolute atomic E-state index is 11.3. The minimum Gasteiger partial charge on any atom is -0.381 e. The molecule has 0 heterocycles. The van der Waals surface area contributed by atoms with E-state index in [2.05, 4.69) is 0 Å². The Morgan fingerprint density at radius 2 is 1.87 bits per heavy atom. The highest BCUT2D eigenvalue weighted by Crippen LogP contribution is 2.00. The molecule has 0 saturated carbocycles. The van der Waals surface area contributed by atoms with Crippen molar-refractivity contribution >= 4 is 10.0 Å². The SMILES string of the molecule is C.COC/C=C\CCCS(=O)(=O)N(C)C. The zero-order valence-corrected chi connectivity index (χ0v) is 9.88. The molecule has 15 heavy (non-hydrogen) atoms. The van der Waals surface area contributed by atoms with Gasteiger partial charge < -0.3 is 4.74 Å². The largest absolute Gasteiger partial charge is 0.381 e. The number of hydrogen-bond donors (Lipinski definition) is 0. The summed E-state index contributed by atoms with van der Waals surface area (Å²) in [5, 5.41) is 0. The molecule has 0 atom stereocenters. The van der Waals surface area contributed by atoms with Crippen LogP contribution in [0.25, 0.3) is 0 Å². The van der Waals surface area contributed by atoms with Crippen LogP contribution in [0.5, 0.6) is 0 Å². The second-order valence-electron chi connectivity index (χ2n) is 3.17. The van der Waals surface area contributed by atoms with Gasteiger partial charge in [-0.2, -0.15) is 0 Å². The quantitative estimate of drug-likeness (QED) is 0.498. The molecule has 0 aliphatic heterocycles. The van der Waals surface area contributed by atoms with Gasteiger partial charge in [0.05, 0.1) is 12.4 Å². The number of hydrogen-bond acceptors (Lipinski definition) is 3. The first-order chi connectivity index (χ1) is 6.50. The molecule has 0 unspecified atom stereocenters. The standard InChI is InChI=1S/C9H19NO3S.CH4/c1-10(2)14(11,12)9-7-5-4-6-8-13-3;/h4,6H,5,7-9H2,1-3H3;1H4/b6-4-;. The molecular formula is C10H23NO3S. The molecule has 0 N–H and O–H groups in total. The Kier molecular flexibility index (Phi) is 10.1. The molecular weight excluding hydrogens is 214 g/mol. The van der Waals surface area contributed by atoms with E-state index in [-0.39, 0.29) is 13.2 Å². The number of ether oxygens (including phenoxy) is 1. The molecule has 92 valence electrons. The van der Waals surface area contributed by atoms with Crippen molar-refractivity contribution in [2.24, 2.45) is 0 Å². The first-order valence-corrected chi connectivity index (χ1v) is 6.15. The lowest BCUT2D eigenvalue weighted by Gasteiger charge is -2.09. The Hall–Kier alpha value is -0.390. The minimum absolute atomic E-state index is 0. The number of sulfonamides is 1. The van der Waals surface area contributed by atoms with Gasteiger partial charge in [0.2, 0.25) is 10.0 Å². The first kappa shape index (κ1) is 17.0. The molecule has 4 nitrogen and oxygen atoms in total. The Morgan fingerprint density at radius 3 is 2.33 bits per heavy atom. The number of unbranched alkanes of at least 4 members (excludes halogenated alkanes) is 1. The molecule has 0 saturated heterocycles. The number of methoxy groups -OCH3 is 1. The zero-order valence-electron chi connectivity index (χ0n) is 9.06. The van der Waals surface area contributed by atoms with Gasteiger partial charge in [-0.3, -0.25) is 0 Å². The van der Waals surface area contributed by atoms with Crippen LogP contribution in [0, 0.1) is 0 Å². The highest BCUT2D eigenvalue weighted by molar-refractivity contribution is 7.89. The molecule has 0 spiro atoms. The van der Waals surface area contributed by atoms with Gasteiger partial charge in [-0.1, -0.05) is 19.6 Å². The van der Waals surface area contributed by atoms with Crippen LogP contribution < -0.4 is 0 Å². The molecule has 0 aromatic heterocycles. The van der Waals surface area contributed by atoms with E-state index < -0.39 is 10.0 Å². The third-order valence-electron chi connectivity index (χ3n) is 1.76. The molecule has 0 bridgehead atoms. The van der Waals surface area contributed by atoms with Crippen molar-refractivity contribution in [3.8, 4) is 0 Å². The van der Waals surface area contributed by atoms with Crippen molar-refractivity contribution in [1.82, 2.24) is 4.31 Å². The molecule has 0 aromatic carbocycles. The summed E-state index contributed by atoms with van der Waals surface area (Å²) in [4.78, 5) is 0. The summed E-state index contributed by atoms with van der Waals surface area (Å²) in [6.07, 6.45) is 5.26. The van der Waals surface area contributed by atoms with E-state index in [0.29, 0.717) is 13.0 Å². The van der Waals surface area contributed by atoms with Gasteiger partial charge in [-0.25, -0.2) is 12.7 Å². The molecule has 0 aromatic rings. The van der Waals surface area contributed by atoms with E-state index in [1.165, 1.54) is 4.31 Å². The highest BCUT2D eigenvalue weighted by atomic mass is 32.2. The lowest BCUT2D eigenvalue weighted by molar-refractivity contribution is 0.233. The summed E-state index contributed by atoms with van der Waals surface area (Å²) in [5.41, 5.74) is 0. The summed E-state index contributed by atoms with van der Waals surface area (Å²) >= 11 is 0. The highest BCUT2D eigenvalue weighted by Gasteiger charge is 2.11. The summed E-state index contributed by atoms with van der Waals surface area (Å²) in [5.74, 6) is 0.206. The summed E-state index contributed by atoms with van der Waals surface area (Å²) in [6, 6.07) is 0. The summed E-state index contributed by atoms with van der Waals surface area (Å²) < 4.78 is 28.7. The Labute approximate surface area is 94.0 Å². The first-order valence-electron chi connectivity index (χ1n) is 4.55. The predicted octanol–water partition coefficient (Wildman–Crippen LogP) is 1.50. The normalized spacial score (nSPS) is 12.0. The molecule has 0 aliphatic carbocycles. The van der Waals surface area contributed by atoms with E-state index in [4.69, 9.17) is 4.74 Å². The van der Waals surface area contributed by atoms with Crippen LogP contribution in [-0.2, 0) is 14.8 Å². The van der Waals surface area contributed by atoms with E-state index >= 15 is 0 Å². The average Bonchev–Trinajstić information content (AvgIpc) is 2.10. The fourth-order valence-corrected chi connectivity index (χ4v) is 1.74. The fourth-order valence-electron chi connectivity index (χ4n) is 0.848. The lowest BCUT2D eigenvalue weighted by Crippen LogP contribution is -2.24. The smallest absolute Gasteiger partial charge is 0.213 e. The molecule has 0 radical (unpaired) electrons. The van der Waals surface area contributed by atoms with Crippen LogP contribution in [0.4, 0.5) is 0 Å². The van der Waals surface area contributed by atoms with E-state index in [1.54, 1.807) is 21.2 Å². The van der Waals surface area contributed by atoms with Gasteiger partial charge in [0, 0.05) is 21.2 Å². The van der Waals surface area contributed by atoms with Gasteiger partial charge >= 0.3 is 0 Å². The van der Waals surface area contributed by atoms with Crippen LogP contribution in [0.15, 0.2) is 12.2 Å². The van der Waals surface area contributed by atoms with E-state index in [9.17, 15) is 8.42 Å². The molecule has 0 fully saturated rings.